The molecule has 17 heavy (non-hydrogen) atoms. The molecule has 3 nitrogen and oxygen atoms in total. The maximum Gasteiger partial charge on any atom is 0.161 e. The standard InChI is InChI=1S/C14H19NO2/c1-14(2,3)12(16)9-13-15(17-13)10-11-7-5-4-6-8-11/h4-8,13H,9-10H2,1-3H3/t13-,15?/m0/s1. The number of hydrogen-bond donors (Lipinski definition) is 0. The van der Waals surface area contributed by atoms with Crippen molar-refractivity contribution in [3.63, 3.8) is 0 Å². The first-order valence-electron chi connectivity index (χ1n) is 5.97. The van der Waals surface area contributed by atoms with Crippen molar-refractivity contribution in [1.29, 1.82) is 0 Å². The highest BCUT2D eigenvalue weighted by molar-refractivity contribution is 5.84. The first-order valence-corrected chi connectivity index (χ1v) is 5.97. The molecule has 2 atom stereocenters. The maximum absolute atomic E-state index is 11.8. The van der Waals surface area contributed by atoms with Crippen molar-refractivity contribution in [2.45, 2.75) is 40.0 Å². The minimum absolute atomic E-state index is 0.0260. The van der Waals surface area contributed by atoms with Crippen molar-refractivity contribution < 1.29 is 9.63 Å². The SMILES string of the molecule is CC(C)(C)C(=O)C[C@@H]1ON1Cc1ccccc1. The first-order chi connectivity index (χ1) is 7.97. The lowest BCUT2D eigenvalue weighted by Crippen LogP contribution is -2.22. The number of nitrogens with zero attached hydrogens (tertiary/aromatic N) is 1. The second-order valence-electron chi connectivity index (χ2n) is 5.50. The van der Waals surface area contributed by atoms with E-state index in [1.165, 1.54) is 5.56 Å². The molecule has 0 aliphatic carbocycles. The summed E-state index contributed by atoms with van der Waals surface area (Å²) in [5, 5.41) is 1.86. The molecule has 0 bridgehead atoms. The Morgan fingerprint density at radius 1 is 1.29 bits per heavy atom. The molecule has 1 saturated heterocycles. The number of rotatable bonds is 4. The van der Waals surface area contributed by atoms with E-state index < -0.39 is 0 Å². The monoisotopic (exact) mass is 233 g/mol. The number of carbonyl (C=O) groups is 1. The number of hydrogen-bond acceptors (Lipinski definition) is 3. The van der Waals surface area contributed by atoms with Crippen LogP contribution in [0.1, 0.15) is 32.8 Å². The Hall–Kier alpha value is -1.19. The predicted molar refractivity (Wildman–Crippen MR) is 65.9 cm³/mol. The summed E-state index contributed by atoms with van der Waals surface area (Å²) in [6.45, 7) is 6.58. The quantitative estimate of drug-likeness (QED) is 0.750. The molecule has 1 aliphatic heterocycles. The summed E-state index contributed by atoms with van der Waals surface area (Å²) in [7, 11) is 0. The molecule has 1 aromatic rings. The third-order valence-electron chi connectivity index (χ3n) is 2.91. The summed E-state index contributed by atoms with van der Waals surface area (Å²) in [5.41, 5.74) is 0.933. The Labute approximate surface area is 102 Å². The van der Waals surface area contributed by atoms with Gasteiger partial charge in [0.25, 0.3) is 0 Å². The molecule has 3 heteroatoms. The van der Waals surface area contributed by atoms with Crippen LogP contribution >= 0.6 is 0 Å². The van der Waals surface area contributed by atoms with Crippen LogP contribution in [0, 0.1) is 5.41 Å². The maximum atomic E-state index is 11.8. The van der Waals surface area contributed by atoms with Crippen LogP contribution in [0.15, 0.2) is 30.3 Å². The van der Waals surface area contributed by atoms with Gasteiger partial charge in [-0.25, -0.2) is 0 Å². The Balaban J connectivity index is 1.80. The van der Waals surface area contributed by atoms with Crippen LogP contribution in [0.5, 0.6) is 0 Å². The summed E-state index contributed by atoms with van der Waals surface area (Å²) in [4.78, 5) is 17.2. The van der Waals surface area contributed by atoms with E-state index in [-0.39, 0.29) is 17.4 Å². The molecule has 0 radical (unpaired) electrons. The number of carbonyl (C=O) groups excluding carboxylic acids is 1. The van der Waals surface area contributed by atoms with Crippen LogP contribution in [0.25, 0.3) is 0 Å². The van der Waals surface area contributed by atoms with Crippen molar-refractivity contribution in [2.75, 3.05) is 0 Å². The smallest absolute Gasteiger partial charge is 0.161 e. The van der Waals surface area contributed by atoms with Crippen molar-refractivity contribution in [3.05, 3.63) is 35.9 Å². The van der Waals surface area contributed by atoms with Crippen molar-refractivity contribution in [2.24, 2.45) is 5.41 Å². The molecular weight excluding hydrogens is 214 g/mol. The van der Waals surface area contributed by atoms with Gasteiger partial charge in [0.1, 0.15) is 5.78 Å². The normalized spacial score (nSPS) is 23.5. The molecule has 1 fully saturated rings. The average Bonchev–Trinajstić information content (AvgIpc) is 2.96. The van der Waals surface area contributed by atoms with E-state index in [0.29, 0.717) is 6.42 Å². The number of hydroxylamine groups is 2. The van der Waals surface area contributed by atoms with Crippen molar-refractivity contribution in [3.8, 4) is 0 Å². The summed E-state index contributed by atoms with van der Waals surface area (Å²) in [6.07, 6.45) is 0.456. The van der Waals surface area contributed by atoms with Crippen LogP contribution in [0.4, 0.5) is 0 Å². The predicted octanol–water partition coefficient (Wildman–Crippen LogP) is 2.77. The second kappa shape index (κ2) is 4.59. The summed E-state index contributed by atoms with van der Waals surface area (Å²) >= 11 is 0. The van der Waals surface area contributed by atoms with Crippen molar-refractivity contribution >= 4 is 5.78 Å². The van der Waals surface area contributed by atoms with E-state index in [9.17, 15) is 4.79 Å². The highest BCUT2D eigenvalue weighted by Crippen LogP contribution is 2.29. The first kappa shape index (κ1) is 12.3. The summed E-state index contributed by atoms with van der Waals surface area (Å²) in [5.74, 6) is 0.248. The Morgan fingerprint density at radius 2 is 1.94 bits per heavy atom. The fourth-order valence-corrected chi connectivity index (χ4v) is 1.64. The van der Waals surface area contributed by atoms with E-state index >= 15 is 0 Å². The molecule has 0 amide bonds. The molecule has 0 saturated carbocycles. The fraction of sp³-hybridized carbons (Fsp3) is 0.500. The Bertz CT molecular complexity index is 394. The van der Waals surface area contributed by atoms with Crippen LogP contribution in [-0.2, 0) is 16.2 Å². The van der Waals surface area contributed by atoms with Gasteiger partial charge in [-0.05, 0) is 5.56 Å². The molecule has 1 aliphatic rings. The van der Waals surface area contributed by atoms with Gasteiger partial charge in [0.15, 0.2) is 6.23 Å². The van der Waals surface area contributed by atoms with Gasteiger partial charge >= 0.3 is 0 Å². The zero-order chi connectivity index (χ0) is 12.5. The minimum Gasteiger partial charge on any atom is -0.299 e. The van der Waals surface area contributed by atoms with Gasteiger partial charge in [-0.1, -0.05) is 51.1 Å². The largest absolute Gasteiger partial charge is 0.299 e. The highest BCUT2D eigenvalue weighted by atomic mass is 16.8. The van der Waals surface area contributed by atoms with Crippen LogP contribution in [0.2, 0.25) is 0 Å². The van der Waals surface area contributed by atoms with Crippen LogP contribution in [0.3, 0.4) is 0 Å². The lowest BCUT2D eigenvalue weighted by Gasteiger charge is -2.15. The zero-order valence-corrected chi connectivity index (χ0v) is 10.6. The van der Waals surface area contributed by atoms with Gasteiger partial charge < -0.3 is 0 Å². The molecule has 92 valence electrons. The van der Waals surface area contributed by atoms with E-state index in [2.05, 4.69) is 12.1 Å². The van der Waals surface area contributed by atoms with E-state index in [0.717, 1.165) is 6.54 Å². The molecule has 2 rings (SSSR count). The molecule has 1 unspecified atom stereocenters. The topological polar surface area (TPSA) is 32.6 Å². The Morgan fingerprint density at radius 3 is 2.53 bits per heavy atom. The minimum atomic E-state index is -0.273. The van der Waals surface area contributed by atoms with Gasteiger partial charge in [0, 0.05) is 5.41 Å². The fourth-order valence-electron chi connectivity index (χ4n) is 1.64. The molecule has 1 heterocycles. The number of Topliss-reactive ketones (excluding diaryl/α,β-unsaturated/α-hetero) is 1. The second-order valence-corrected chi connectivity index (χ2v) is 5.50. The lowest BCUT2D eigenvalue weighted by atomic mass is 9.89. The van der Waals surface area contributed by atoms with E-state index in [1.54, 1.807) is 0 Å². The third kappa shape index (κ3) is 3.38. The van der Waals surface area contributed by atoms with Gasteiger partial charge in [0.05, 0.1) is 13.0 Å². The molecular formula is C14H19NO2. The summed E-state index contributed by atoms with van der Waals surface area (Å²) < 4.78 is 0. The molecule has 0 aromatic heterocycles. The van der Waals surface area contributed by atoms with Gasteiger partial charge in [-0.15, -0.1) is 0 Å². The lowest BCUT2D eigenvalue weighted by molar-refractivity contribution is -0.126. The number of ketones is 1. The molecule has 0 spiro atoms. The molecule has 0 N–H and O–H groups in total. The zero-order valence-electron chi connectivity index (χ0n) is 10.6. The summed E-state index contributed by atoms with van der Waals surface area (Å²) in [6, 6.07) is 10.1. The van der Waals surface area contributed by atoms with Gasteiger partial charge in [-0.3, -0.25) is 9.63 Å². The highest BCUT2D eigenvalue weighted by Gasteiger charge is 2.40. The van der Waals surface area contributed by atoms with Crippen LogP contribution < -0.4 is 0 Å². The average molecular weight is 233 g/mol. The van der Waals surface area contributed by atoms with Crippen LogP contribution in [-0.4, -0.2) is 17.1 Å². The third-order valence-corrected chi connectivity index (χ3v) is 2.91. The van der Waals surface area contributed by atoms with Crippen molar-refractivity contribution in [1.82, 2.24) is 5.06 Å². The molecule has 1 aromatic carbocycles. The van der Waals surface area contributed by atoms with E-state index in [4.69, 9.17) is 4.84 Å². The van der Waals surface area contributed by atoms with Gasteiger partial charge in [-0.2, -0.15) is 5.06 Å². The van der Waals surface area contributed by atoms with Gasteiger partial charge in [0.2, 0.25) is 0 Å². The number of benzene rings is 1. The van der Waals surface area contributed by atoms with E-state index in [1.807, 2.05) is 44.0 Å². The Kier molecular flexibility index (Phi) is 3.31.